The maximum atomic E-state index is 12.8. The number of methoxy groups -OCH3 is 2. The van der Waals surface area contributed by atoms with Gasteiger partial charge in [-0.2, -0.15) is 0 Å². The summed E-state index contributed by atoms with van der Waals surface area (Å²) in [5.74, 6) is 2.74. The fourth-order valence-corrected chi connectivity index (χ4v) is 3.62. The number of hydrogen-bond acceptors (Lipinski definition) is 6. The van der Waals surface area contributed by atoms with Gasteiger partial charge in [0, 0.05) is 24.8 Å². The minimum absolute atomic E-state index is 0.0530. The van der Waals surface area contributed by atoms with Crippen molar-refractivity contribution >= 4 is 11.6 Å². The first-order valence-electron chi connectivity index (χ1n) is 9.27. The van der Waals surface area contributed by atoms with E-state index in [0.29, 0.717) is 29.5 Å². The van der Waals surface area contributed by atoms with Gasteiger partial charge in [-0.05, 0) is 48.7 Å². The SMILES string of the molecule is COc1cc2c(cc1OC)CN(C(C)C(=O)Nc1ccc3c(c1)OCO3)CC2. The quantitative estimate of drug-likeness (QED) is 0.855. The summed E-state index contributed by atoms with van der Waals surface area (Å²) in [6, 6.07) is 9.17. The van der Waals surface area contributed by atoms with Gasteiger partial charge >= 0.3 is 0 Å². The second kappa shape index (κ2) is 7.59. The summed E-state index contributed by atoms with van der Waals surface area (Å²) in [6.45, 7) is 3.63. The minimum atomic E-state index is -0.272. The Morgan fingerprint density at radius 3 is 2.54 bits per heavy atom. The van der Waals surface area contributed by atoms with E-state index in [-0.39, 0.29) is 18.7 Å². The fourth-order valence-electron chi connectivity index (χ4n) is 3.62. The molecule has 1 amide bonds. The zero-order valence-electron chi connectivity index (χ0n) is 16.3. The fraction of sp³-hybridized carbons (Fsp3) is 0.381. The molecular weight excluding hydrogens is 360 g/mol. The second-order valence-electron chi connectivity index (χ2n) is 6.93. The van der Waals surface area contributed by atoms with E-state index in [2.05, 4.69) is 10.2 Å². The van der Waals surface area contributed by atoms with Gasteiger partial charge in [-0.3, -0.25) is 9.69 Å². The molecule has 28 heavy (non-hydrogen) atoms. The Labute approximate surface area is 164 Å². The predicted molar refractivity (Wildman–Crippen MR) is 104 cm³/mol. The van der Waals surface area contributed by atoms with Crippen LogP contribution in [0.3, 0.4) is 0 Å². The number of carbonyl (C=O) groups excluding carboxylic acids is 1. The summed E-state index contributed by atoms with van der Waals surface area (Å²) in [4.78, 5) is 14.9. The highest BCUT2D eigenvalue weighted by Gasteiger charge is 2.27. The number of anilines is 1. The van der Waals surface area contributed by atoms with Crippen molar-refractivity contribution in [1.82, 2.24) is 4.90 Å². The molecule has 0 spiro atoms. The summed E-state index contributed by atoms with van der Waals surface area (Å²) < 4.78 is 21.5. The van der Waals surface area contributed by atoms with Crippen LogP contribution in [0.1, 0.15) is 18.1 Å². The lowest BCUT2D eigenvalue weighted by molar-refractivity contribution is -0.121. The molecule has 0 bridgehead atoms. The van der Waals surface area contributed by atoms with E-state index < -0.39 is 0 Å². The molecule has 0 radical (unpaired) electrons. The molecule has 0 aromatic heterocycles. The molecule has 7 nitrogen and oxygen atoms in total. The minimum Gasteiger partial charge on any atom is -0.493 e. The standard InChI is InChI=1S/C21H24N2O5/c1-13(21(24)22-16-4-5-17-20(10-16)28-12-27-17)23-7-6-14-8-18(25-2)19(26-3)9-15(14)11-23/h4-5,8-10,13H,6-7,11-12H2,1-3H3,(H,22,24). The molecule has 0 aliphatic carbocycles. The molecule has 2 aliphatic heterocycles. The van der Waals surface area contributed by atoms with Crippen LogP contribution in [0.2, 0.25) is 0 Å². The number of nitrogens with zero attached hydrogens (tertiary/aromatic N) is 1. The van der Waals surface area contributed by atoms with Crippen LogP contribution in [0.15, 0.2) is 30.3 Å². The van der Waals surface area contributed by atoms with E-state index in [9.17, 15) is 4.79 Å². The van der Waals surface area contributed by atoms with E-state index in [0.717, 1.165) is 24.3 Å². The van der Waals surface area contributed by atoms with E-state index in [4.69, 9.17) is 18.9 Å². The molecule has 1 atom stereocenters. The average molecular weight is 384 g/mol. The van der Waals surface area contributed by atoms with Gasteiger partial charge in [0.15, 0.2) is 23.0 Å². The van der Waals surface area contributed by atoms with Gasteiger partial charge in [0.25, 0.3) is 0 Å². The molecular formula is C21H24N2O5. The molecule has 0 saturated heterocycles. The van der Waals surface area contributed by atoms with E-state index in [1.807, 2.05) is 25.1 Å². The van der Waals surface area contributed by atoms with Crippen molar-refractivity contribution in [3.8, 4) is 23.0 Å². The maximum Gasteiger partial charge on any atom is 0.241 e. The van der Waals surface area contributed by atoms with Crippen LogP contribution >= 0.6 is 0 Å². The van der Waals surface area contributed by atoms with Gasteiger partial charge in [0.05, 0.1) is 20.3 Å². The Bertz CT molecular complexity index is 899. The van der Waals surface area contributed by atoms with Crippen molar-refractivity contribution in [1.29, 1.82) is 0 Å². The highest BCUT2D eigenvalue weighted by molar-refractivity contribution is 5.94. The second-order valence-corrected chi connectivity index (χ2v) is 6.93. The van der Waals surface area contributed by atoms with Crippen LogP contribution in [0.4, 0.5) is 5.69 Å². The predicted octanol–water partition coefficient (Wildman–Crippen LogP) is 2.82. The molecule has 2 aromatic carbocycles. The third-order valence-corrected chi connectivity index (χ3v) is 5.31. The number of benzene rings is 2. The van der Waals surface area contributed by atoms with Crippen molar-refractivity contribution < 1.29 is 23.7 Å². The van der Waals surface area contributed by atoms with E-state index in [1.165, 1.54) is 5.56 Å². The van der Waals surface area contributed by atoms with Crippen molar-refractivity contribution in [2.75, 3.05) is 32.9 Å². The third kappa shape index (κ3) is 3.45. The summed E-state index contributed by atoms with van der Waals surface area (Å²) in [6.07, 6.45) is 0.858. The number of nitrogens with one attached hydrogen (secondary N) is 1. The molecule has 2 aromatic rings. The Balaban J connectivity index is 1.45. The molecule has 0 fully saturated rings. The normalized spacial score (nSPS) is 16.2. The highest BCUT2D eigenvalue weighted by Crippen LogP contribution is 2.35. The first-order valence-corrected chi connectivity index (χ1v) is 9.27. The van der Waals surface area contributed by atoms with Crippen LogP contribution in [-0.4, -0.2) is 44.4 Å². The summed E-state index contributed by atoms with van der Waals surface area (Å²) in [7, 11) is 3.27. The Morgan fingerprint density at radius 1 is 1.07 bits per heavy atom. The molecule has 1 N–H and O–H groups in total. The molecule has 0 saturated carbocycles. The zero-order chi connectivity index (χ0) is 19.7. The maximum absolute atomic E-state index is 12.8. The highest BCUT2D eigenvalue weighted by atomic mass is 16.7. The number of ether oxygens (including phenoxy) is 4. The first kappa shape index (κ1) is 18.4. The lowest BCUT2D eigenvalue weighted by Crippen LogP contribution is -2.44. The van der Waals surface area contributed by atoms with Gasteiger partial charge in [-0.25, -0.2) is 0 Å². The van der Waals surface area contributed by atoms with Crippen molar-refractivity contribution in [3.63, 3.8) is 0 Å². The third-order valence-electron chi connectivity index (χ3n) is 5.31. The van der Waals surface area contributed by atoms with Crippen LogP contribution in [0, 0.1) is 0 Å². The van der Waals surface area contributed by atoms with Gasteiger partial charge in [0.1, 0.15) is 0 Å². The number of rotatable bonds is 5. The van der Waals surface area contributed by atoms with Gasteiger partial charge in [-0.15, -0.1) is 0 Å². The Kier molecular flexibility index (Phi) is 5.00. The molecule has 148 valence electrons. The Hall–Kier alpha value is -2.93. The number of amides is 1. The van der Waals surface area contributed by atoms with Gasteiger partial charge in [-0.1, -0.05) is 0 Å². The smallest absolute Gasteiger partial charge is 0.241 e. The molecule has 2 aliphatic rings. The van der Waals surface area contributed by atoms with Crippen LogP contribution < -0.4 is 24.3 Å². The lowest BCUT2D eigenvalue weighted by Gasteiger charge is -2.33. The van der Waals surface area contributed by atoms with Crippen LogP contribution in [-0.2, 0) is 17.8 Å². The average Bonchev–Trinajstić information content (AvgIpc) is 3.19. The van der Waals surface area contributed by atoms with E-state index in [1.54, 1.807) is 26.4 Å². The van der Waals surface area contributed by atoms with Crippen molar-refractivity contribution in [2.45, 2.75) is 25.9 Å². The topological polar surface area (TPSA) is 69.3 Å². The van der Waals surface area contributed by atoms with Crippen molar-refractivity contribution in [3.05, 3.63) is 41.5 Å². The summed E-state index contributed by atoms with van der Waals surface area (Å²) in [5, 5.41) is 2.97. The zero-order valence-corrected chi connectivity index (χ0v) is 16.3. The summed E-state index contributed by atoms with van der Waals surface area (Å²) >= 11 is 0. The number of fused-ring (bicyclic) bond motifs is 2. The molecule has 7 heteroatoms. The molecule has 4 rings (SSSR count). The van der Waals surface area contributed by atoms with Crippen LogP contribution in [0.5, 0.6) is 23.0 Å². The first-order chi connectivity index (χ1) is 13.6. The monoisotopic (exact) mass is 384 g/mol. The molecule has 2 heterocycles. The van der Waals surface area contributed by atoms with E-state index >= 15 is 0 Å². The van der Waals surface area contributed by atoms with Gasteiger partial charge in [0.2, 0.25) is 12.7 Å². The summed E-state index contributed by atoms with van der Waals surface area (Å²) in [5.41, 5.74) is 3.09. The van der Waals surface area contributed by atoms with Gasteiger partial charge < -0.3 is 24.3 Å². The molecule has 1 unspecified atom stereocenters. The number of hydrogen-bond donors (Lipinski definition) is 1. The van der Waals surface area contributed by atoms with Crippen molar-refractivity contribution in [2.24, 2.45) is 0 Å². The lowest BCUT2D eigenvalue weighted by atomic mass is 9.97. The van der Waals surface area contributed by atoms with Crippen LogP contribution in [0.25, 0.3) is 0 Å². The Morgan fingerprint density at radius 2 is 1.79 bits per heavy atom. The largest absolute Gasteiger partial charge is 0.493 e. The number of carbonyl (C=O) groups is 1.